The summed E-state index contributed by atoms with van der Waals surface area (Å²) in [6.07, 6.45) is 0. The average Bonchev–Trinajstić information content (AvgIpc) is 2.90. The van der Waals surface area contributed by atoms with E-state index in [4.69, 9.17) is 10.2 Å². The Morgan fingerprint density at radius 3 is 2.00 bits per heavy atom. The summed E-state index contributed by atoms with van der Waals surface area (Å²) in [5.41, 5.74) is -0.542. The van der Waals surface area contributed by atoms with Crippen molar-refractivity contribution >= 4 is 22.1 Å². The summed E-state index contributed by atoms with van der Waals surface area (Å²) < 4.78 is 23.5. The van der Waals surface area contributed by atoms with E-state index in [2.05, 4.69) is 0 Å². The number of nitrogens with zero attached hydrogens (tertiary/aromatic N) is 2. The predicted octanol–water partition coefficient (Wildman–Crippen LogP) is -1.31. The molecule has 20 heavy (non-hydrogen) atoms. The molecule has 3 N–H and O–H groups in total. The van der Waals surface area contributed by atoms with Crippen molar-refractivity contribution < 1.29 is 23.1 Å². The van der Waals surface area contributed by atoms with E-state index in [1.165, 1.54) is 4.90 Å². The molecule has 1 heterocycles. The van der Waals surface area contributed by atoms with E-state index >= 15 is 0 Å². The number of rotatable bonds is 3. The first-order chi connectivity index (χ1) is 9.06. The monoisotopic (exact) mass is 305 g/mol. The van der Waals surface area contributed by atoms with Gasteiger partial charge in [-0.3, -0.25) is 9.59 Å². The molecule has 0 aromatic carbocycles. The van der Waals surface area contributed by atoms with E-state index < -0.39 is 33.4 Å². The first-order valence-corrected chi connectivity index (χ1v) is 7.86. The van der Waals surface area contributed by atoms with Crippen LogP contribution >= 0.6 is 0 Å². The zero-order chi connectivity index (χ0) is 15.3. The average molecular weight is 305 g/mol. The van der Waals surface area contributed by atoms with Gasteiger partial charge in [0, 0.05) is 26.2 Å². The summed E-state index contributed by atoms with van der Waals surface area (Å²) >= 11 is 0. The lowest BCUT2D eigenvalue weighted by atomic mass is 10.1. The van der Waals surface area contributed by atoms with Gasteiger partial charge in [0.05, 0.1) is 11.8 Å². The Balaban J connectivity index is 1.99. The second-order valence-corrected chi connectivity index (χ2v) is 7.43. The SMILES string of the molecule is CC1(C)C(C(=O)O)C1C(=O)N1CCN(S(N)(=O)=O)CC1. The van der Waals surface area contributed by atoms with Crippen molar-refractivity contribution in [1.82, 2.24) is 9.21 Å². The van der Waals surface area contributed by atoms with E-state index in [1.807, 2.05) is 0 Å². The highest BCUT2D eigenvalue weighted by molar-refractivity contribution is 7.86. The number of carboxylic acids is 1. The molecule has 2 fully saturated rings. The molecule has 0 aromatic heterocycles. The van der Waals surface area contributed by atoms with Gasteiger partial charge in [-0.2, -0.15) is 12.7 Å². The van der Waals surface area contributed by atoms with Crippen LogP contribution in [0.25, 0.3) is 0 Å². The van der Waals surface area contributed by atoms with Gasteiger partial charge in [0.25, 0.3) is 10.2 Å². The number of amides is 1. The van der Waals surface area contributed by atoms with Crippen molar-refractivity contribution in [1.29, 1.82) is 0 Å². The van der Waals surface area contributed by atoms with Crippen molar-refractivity contribution in [2.45, 2.75) is 13.8 Å². The fourth-order valence-corrected chi connectivity index (χ4v) is 3.59. The van der Waals surface area contributed by atoms with Gasteiger partial charge in [0.2, 0.25) is 5.91 Å². The third-order valence-corrected chi connectivity index (χ3v) is 5.35. The Labute approximate surface area is 117 Å². The quantitative estimate of drug-likeness (QED) is 0.670. The van der Waals surface area contributed by atoms with Gasteiger partial charge in [-0.15, -0.1) is 0 Å². The standard InChI is InChI=1S/C11H19N3O5S/c1-11(2)7(8(11)10(16)17)9(15)13-3-5-14(6-4-13)20(12,18)19/h7-8H,3-6H2,1-2H3,(H,16,17)(H2,12,18,19). The molecule has 1 aliphatic carbocycles. The number of carbonyl (C=O) groups excluding carboxylic acids is 1. The van der Waals surface area contributed by atoms with Crippen molar-refractivity contribution in [3.8, 4) is 0 Å². The molecule has 9 heteroatoms. The zero-order valence-corrected chi connectivity index (χ0v) is 12.3. The third kappa shape index (κ3) is 2.52. The van der Waals surface area contributed by atoms with Crippen LogP contribution in [0.4, 0.5) is 0 Å². The summed E-state index contributed by atoms with van der Waals surface area (Å²) in [4.78, 5) is 24.9. The fourth-order valence-electron chi connectivity index (χ4n) is 2.92. The number of aliphatic carboxylic acids is 1. The molecule has 8 nitrogen and oxygen atoms in total. The van der Waals surface area contributed by atoms with Gasteiger partial charge in [0.15, 0.2) is 0 Å². The number of hydrogen-bond donors (Lipinski definition) is 2. The molecule has 0 bridgehead atoms. The molecule has 1 saturated heterocycles. The maximum Gasteiger partial charge on any atom is 0.307 e. The number of piperazine rings is 1. The summed E-state index contributed by atoms with van der Waals surface area (Å²) in [5, 5.41) is 14.1. The minimum Gasteiger partial charge on any atom is -0.481 e. The summed E-state index contributed by atoms with van der Waals surface area (Å²) in [5.74, 6) is -2.36. The summed E-state index contributed by atoms with van der Waals surface area (Å²) in [7, 11) is -3.73. The first-order valence-electron chi connectivity index (χ1n) is 6.36. The molecule has 2 unspecified atom stereocenters. The Bertz CT molecular complexity index is 536. The fraction of sp³-hybridized carbons (Fsp3) is 0.818. The molecule has 114 valence electrons. The predicted molar refractivity (Wildman–Crippen MR) is 69.7 cm³/mol. The smallest absolute Gasteiger partial charge is 0.307 e. The topological polar surface area (TPSA) is 121 Å². The van der Waals surface area contributed by atoms with Gasteiger partial charge in [-0.1, -0.05) is 13.8 Å². The molecule has 0 spiro atoms. The van der Waals surface area contributed by atoms with Crippen molar-refractivity contribution in [2.75, 3.05) is 26.2 Å². The minimum atomic E-state index is -3.73. The second kappa shape index (κ2) is 4.68. The second-order valence-electron chi connectivity index (χ2n) is 5.88. The molecular weight excluding hydrogens is 286 g/mol. The lowest BCUT2D eigenvalue weighted by Crippen LogP contribution is -2.52. The van der Waals surface area contributed by atoms with Crippen molar-refractivity contribution in [3.05, 3.63) is 0 Å². The number of carboxylic acid groups (broad SMARTS) is 1. The van der Waals surface area contributed by atoms with E-state index in [9.17, 15) is 18.0 Å². The first kappa shape index (κ1) is 15.2. The molecule has 2 aliphatic rings. The van der Waals surface area contributed by atoms with Gasteiger partial charge in [0.1, 0.15) is 0 Å². The van der Waals surface area contributed by atoms with E-state index in [-0.39, 0.29) is 32.1 Å². The largest absolute Gasteiger partial charge is 0.481 e. The van der Waals surface area contributed by atoms with Crippen LogP contribution in [0.5, 0.6) is 0 Å². The van der Waals surface area contributed by atoms with Crippen molar-refractivity contribution in [2.24, 2.45) is 22.4 Å². The third-order valence-electron chi connectivity index (χ3n) is 4.27. The van der Waals surface area contributed by atoms with Crippen LogP contribution < -0.4 is 5.14 Å². The minimum absolute atomic E-state index is 0.148. The maximum absolute atomic E-state index is 12.3. The van der Waals surface area contributed by atoms with E-state index in [1.54, 1.807) is 13.8 Å². The highest BCUT2D eigenvalue weighted by atomic mass is 32.2. The molecule has 1 aliphatic heterocycles. The lowest BCUT2D eigenvalue weighted by Gasteiger charge is -2.33. The van der Waals surface area contributed by atoms with Gasteiger partial charge >= 0.3 is 5.97 Å². The highest BCUT2D eigenvalue weighted by Crippen LogP contribution is 2.59. The van der Waals surface area contributed by atoms with Crippen LogP contribution in [-0.2, 0) is 19.8 Å². The molecule has 2 atom stereocenters. The Hall–Kier alpha value is -1.19. The van der Waals surface area contributed by atoms with Gasteiger partial charge in [-0.05, 0) is 5.41 Å². The Kier molecular flexibility index (Phi) is 3.55. The number of carbonyl (C=O) groups is 2. The molecule has 1 saturated carbocycles. The molecular formula is C11H19N3O5S. The Morgan fingerprint density at radius 1 is 1.15 bits per heavy atom. The van der Waals surface area contributed by atoms with Crippen LogP contribution in [0.3, 0.4) is 0 Å². The maximum atomic E-state index is 12.3. The van der Waals surface area contributed by atoms with Crippen LogP contribution in [0.1, 0.15) is 13.8 Å². The molecule has 0 radical (unpaired) electrons. The zero-order valence-electron chi connectivity index (χ0n) is 11.4. The van der Waals surface area contributed by atoms with E-state index in [0.29, 0.717) is 0 Å². The molecule has 0 aromatic rings. The molecule has 2 rings (SSSR count). The number of hydrogen-bond acceptors (Lipinski definition) is 4. The summed E-state index contributed by atoms with van der Waals surface area (Å²) in [6, 6.07) is 0. The van der Waals surface area contributed by atoms with Crippen LogP contribution in [0, 0.1) is 17.3 Å². The van der Waals surface area contributed by atoms with Crippen molar-refractivity contribution in [3.63, 3.8) is 0 Å². The highest BCUT2D eigenvalue weighted by Gasteiger charge is 2.66. The molecule has 1 amide bonds. The van der Waals surface area contributed by atoms with E-state index in [0.717, 1.165) is 4.31 Å². The van der Waals surface area contributed by atoms with Crippen LogP contribution in [0.2, 0.25) is 0 Å². The van der Waals surface area contributed by atoms with Crippen LogP contribution in [-0.4, -0.2) is 60.8 Å². The summed E-state index contributed by atoms with van der Waals surface area (Å²) in [6.45, 7) is 4.30. The lowest BCUT2D eigenvalue weighted by molar-refractivity contribution is -0.142. The van der Waals surface area contributed by atoms with Gasteiger partial charge < -0.3 is 10.0 Å². The Morgan fingerprint density at radius 2 is 1.65 bits per heavy atom. The van der Waals surface area contributed by atoms with Gasteiger partial charge in [-0.25, -0.2) is 5.14 Å². The number of nitrogens with two attached hydrogens (primary N) is 1. The normalized spacial score (nSPS) is 30.1. The van der Waals surface area contributed by atoms with Crippen LogP contribution in [0.15, 0.2) is 0 Å².